The van der Waals surface area contributed by atoms with Crippen molar-refractivity contribution in [2.75, 3.05) is 12.4 Å². The number of anilines is 1. The van der Waals surface area contributed by atoms with Crippen molar-refractivity contribution in [3.05, 3.63) is 60.2 Å². The van der Waals surface area contributed by atoms with E-state index in [1.54, 1.807) is 23.7 Å². The summed E-state index contributed by atoms with van der Waals surface area (Å²) < 4.78 is 1.59. The molecule has 0 saturated heterocycles. The molecule has 0 atom stereocenters. The highest BCUT2D eigenvalue weighted by Crippen LogP contribution is 2.19. The van der Waals surface area contributed by atoms with E-state index in [4.69, 9.17) is 0 Å². The van der Waals surface area contributed by atoms with Crippen molar-refractivity contribution in [2.45, 2.75) is 6.54 Å². The van der Waals surface area contributed by atoms with E-state index in [2.05, 4.69) is 20.8 Å². The number of carbonyl (C=O) groups excluding carboxylic acids is 1. The molecular formula is C17H18N6O. The number of nitrogens with one attached hydrogen (secondary N) is 1. The number of nitrogens with zero attached hydrogens (tertiary/aromatic N) is 5. The van der Waals surface area contributed by atoms with Crippen LogP contribution < -0.4 is 5.32 Å². The lowest BCUT2D eigenvalue weighted by Gasteiger charge is -2.18. The van der Waals surface area contributed by atoms with Gasteiger partial charge in [-0.1, -0.05) is 42.5 Å². The molecule has 1 N–H and O–H groups in total. The van der Waals surface area contributed by atoms with Crippen LogP contribution in [0.3, 0.4) is 0 Å². The second-order valence-corrected chi connectivity index (χ2v) is 5.48. The first-order valence-corrected chi connectivity index (χ1v) is 7.52. The van der Waals surface area contributed by atoms with Gasteiger partial charge in [-0.2, -0.15) is 0 Å². The SMILES string of the molecule is CN(Cc1ccccc1)C(=O)Nc1cccc(-c2nnnn2C)c1. The molecule has 0 aliphatic heterocycles. The molecule has 3 rings (SSSR count). The Morgan fingerprint density at radius 2 is 1.96 bits per heavy atom. The summed E-state index contributed by atoms with van der Waals surface area (Å²) in [7, 11) is 3.53. The van der Waals surface area contributed by atoms with Crippen molar-refractivity contribution >= 4 is 11.7 Å². The summed E-state index contributed by atoms with van der Waals surface area (Å²) in [6.07, 6.45) is 0. The van der Waals surface area contributed by atoms with Crippen LogP contribution in [0, 0.1) is 0 Å². The van der Waals surface area contributed by atoms with E-state index in [-0.39, 0.29) is 6.03 Å². The topological polar surface area (TPSA) is 75.9 Å². The van der Waals surface area contributed by atoms with Crippen LogP contribution in [0.5, 0.6) is 0 Å². The van der Waals surface area contributed by atoms with Gasteiger partial charge in [0.1, 0.15) is 0 Å². The maximum Gasteiger partial charge on any atom is 0.321 e. The normalized spacial score (nSPS) is 10.4. The molecule has 0 aliphatic rings. The summed E-state index contributed by atoms with van der Waals surface area (Å²) in [4.78, 5) is 14.0. The highest BCUT2D eigenvalue weighted by Gasteiger charge is 2.11. The Hall–Kier alpha value is -3.22. The predicted molar refractivity (Wildman–Crippen MR) is 91.2 cm³/mol. The average molecular weight is 322 g/mol. The molecule has 122 valence electrons. The van der Waals surface area contributed by atoms with Crippen molar-refractivity contribution in [3.63, 3.8) is 0 Å². The summed E-state index contributed by atoms with van der Waals surface area (Å²) in [6.45, 7) is 0.541. The number of urea groups is 1. The predicted octanol–water partition coefficient (Wildman–Crippen LogP) is 2.54. The molecule has 0 spiro atoms. The lowest BCUT2D eigenvalue weighted by Crippen LogP contribution is -2.30. The third kappa shape index (κ3) is 3.57. The molecule has 7 heteroatoms. The van der Waals surface area contributed by atoms with Crippen LogP contribution in [0.25, 0.3) is 11.4 Å². The highest BCUT2D eigenvalue weighted by molar-refractivity contribution is 5.89. The van der Waals surface area contributed by atoms with Gasteiger partial charge in [-0.3, -0.25) is 0 Å². The van der Waals surface area contributed by atoms with Crippen LogP contribution in [0.2, 0.25) is 0 Å². The molecule has 0 radical (unpaired) electrons. The van der Waals surface area contributed by atoms with Crippen LogP contribution in [-0.2, 0) is 13.6 Å². The number of tetrazole rings is 1. The minimum atomic E-state index is -0.174. The van der Waals surface area contributed by atoms with E-state index in [9.17, 15) is 4.79 Å². The Labute approximate surface area is 139 Å². The Bertz CT molecular complexity index is 830. The fourth-order valence-electron chi connectivity index (χ4n) is 2.36. The fourth-order valence-corrected chi connectivity index (χ4v) is 2.36. The number of rotatable bonds is 4. The zero-order valence-electron chi connectivity index (χ0n) is 13.5. The van der Waals surface area contributed by atoms with Crippen LogP contribution in [0.15, 0.2) is 54.6 Å². The maximum atomic E-state index is 12.4. The Kier molecular flexibility index (Phi) is 4.51. The maximum absolute atomic E-state index is 12.4. The third-order valence-corrected chi connectivity index (χ3v) is 3.60. The van der Waals surface area contributed by atoms with Gasteiger partial charge in [-0.05, 0) is 28.1 Å². The number of carbonyl (C=O) groups is 1. The molecule has 2 aromatic carbocycles. The third-order valence-electron chi connectivity index (χ3n) is 3.60. The quantitative estimate of drug-likeness (QED) is 0.801. The monoisotopic (exact) mass is 322 g/mol. The van der Waals surface area contributed by atoms with Gasteiger partial charge in [0.25, 0.3) is 0 Å². The first kappa shape index (κ1) is 15.7. The van der Waals surface area contributed by atoms with Gasteiger partial charge in [0.05, 0.1) is 0 Å². The van der Waals surface area contributed by atoms with Gasteiger partial charge < -0.3 is 10.2 Å². The van der Waals surface area contributed by atoms with Gasteiger partial charge >= 0.3 is 6.03 Å². The number of aryl methyl sites for hydroxylation is 1. The first-order valence-electron chi connectivity index (χ1n) is 7.52. The molecule has 0 unspecified atom stereocenters. The lowest BCUT2D eigenvalue weighted by atomic mass is 10.2. The Morgan fingerprint density at radius 3 is 2.67 bits per heavy atom. The van der Waals surface area contributed by atoms with E-state index < -0.39 is 0 Å². The van der Waals surface area contributed by atoms with Crippen molar-refractivity contribution in [1.82, 2.24) is 25.1 Å². The molecular weight excluding hydrogens is 304 g/mol. The van der Waals surface area contributed by atoms with Crippen LogP contribution in [-0.4, -0.2) is 38.2 Å². The molecule has 1 heterocycles. The van der Waals surface area contributed by atoms with Crippen LogP contribution in [0.4, 0.5) is 10.5 Å². The standard InChI is InChI=1S/C17H18N6O/c1-22(12-13-7-4-3-5-8-13)17(24)18-15-10-6-9-14(11-15)16-19-20-21-23(16)2/h3-11H,12H2,1-2H3,(H,18,24). The minimum Gasteiger partial charge on any atom is -0.323 e. The fraction of sp³-hybridized carbons (Fsp3) is 0.176. The van der Waals surface area contributed by atoms with Crippen molar-refractivity contribution < 1.29 is 4.79 Å². The molecule has 0 saturated carbocycles. The molecule has 3 aromatic rings. The number of hydrogen-bond acceptors (Lipinski definition) is 4. The molecule has 24 heavy (non-hydrogen) atoms. The Balaban J connectivity index is 1.69. The highest BCUT2D eigenvalue weighted by atomic mass is 16.2. The van der Waals surface area contributed by atoms with E-state index in [1.807, 2.05) is 54.6 Å². The first-order chi connectivity index (χ1) is 11.6. The summed E-state index contributed by atoms with van der Waals surface area (Å²) >= 11 is 0. The van der Waals surface area contributed by atoms with E-state index >= 15 is 0 Å². The van der Waals surface area contributed by atoms with E-state index in [0.717, 1.165) is 11.1 Å². The van der Waals surface area contributed by atoms with Gasteiger partial charge in [-0.25, -0.2) is 9.48 Å². The molecule has 0 fully saturated rings. The molecule has 1 aromatic heterocycles. The van der Waals surface area contributed by atoms with Crippen LogP contribution in [0.1, 0.15) is 5.56 Å². The van der Waals surface area contributed by atoms with Gasteiger partial charge in [0, 0.05) is 31.9 Å². The van der Waals surface area contributed by atoms with Crippen molar-refractivity contribution in [2.24, 2.45) is 7.05 Å². The van der Waals surface area contributed by atoms with E-state index in [0.29, 0.717) is 18.1 Å². The van der Waals surface area contributed by atoms with Gasteiger partial charge in [-0.15, -0.1) is 5.10 Å². The number of aromatic nitrogens is 4. The summed E-state index contributed by atoms with van der Waals surface area (Å²) in [6, 6.07) is 17.1. The van der Waals surface area contributed by atoms with Gasteiger partial charge in [0.15, 0.2) is 5.82 Å². The van der Waals surface area contributed by atoms with Crippen molar-refractivity contribution in [1.29, 1.82) is 0 Å². The largest absolute Gasteiger partial charge is 0.323 e. The van der Waals surface area contributed by atoms with Crippen molar-refractivity contribution in [3.8, 4) is 11.4 Å². The summed E-state index contributed by atoms with van der Waals surface area (Å²) in [5, 5.41) is 14.3. The second-order valence-electron chi connectivity index (χ2n) is 5.48. The van der Waals surface area contributed by atoms with Crippen LogP contribution >= 0.6 is 0 Å². The second kappa shape index (κ2) is 6.91. The summed E-state index contributed by atoms with van der Waals surface area (Å²) in [5.41, 5.74) is 2.61. The molecule has 2 amide bonds. The van der Waals surface area contributed by atoms with E-state index in [1.165, 1.54) is 0 Å². The zero-order chi connectivity index (χ0) is 16.9. The molecule has 0 bridgehead atoms. The molecule has 7 nitrogen and oxygen atoms in total. The minimum absolute atomic E-state index is 0.174. The number of benzene rings is 2. The zero-order valence-corrected chi connectivity index (χ0v) is 13.5. The number of amides is 2. The lowest BCUT2D eigenvalue weighted by molar-refractivity contribution is 0.220. The number of hydrogen-bond donors (Lipinski definition) is 1. The smallest absolute Gasteiger partial charge is 0.321 e. The average Bonchev–Trinajstić information content (AvgIpc) is 3.02. The molecule has 0 aliphatic carbocycles. The summed E-state index contributed by atoms with van der Waals surface area (Å²) in [5.74, 6) is 0.642. The Morgan fingerprint density at radius 1 is 1.17 bits per heavy atom. The van der Waals surface area contributed by atoms with Gasteiger partial charge in [0.2, 0.25) is 0 Å².